The monoisotopic (exact) mass is 468 g/mol. The van der Waals surface area contributed by atoms with Crippen LogP contribution in [0, 0.1) is 0 Å². The minimum Gasteiger partial charge on any atom is -0.490 e. The Morgan fingerprint density at radius 2 is 1.42 bits per heavy atom. The zero-order valence-electron chi connectivity index (χ0n) is 17.4. The summed E-state index contributed by atoms with van der Waals surface area (Å²) in [4.78, 5) is 12.7. The first-order valence-corrected chi connectivity index (χ1v) is 11.7. The van der Waals surface area contributed by atoms with Crippen molar-refractivity contribution in [2.75, 3.05) is 30.0 Å². The summed E-state index contributed by atoms with van der Waals surface area (Å²) in [5, 5.41) is 2.77. The molecular formula is C23H20N2O7S. The number of hydrogen-bond acceptors (Lipinski definition) is 7. The molecule has 0 saturated heterocycles. The summed E-state index contributed by atoms with van der Waals surface area (Å²) in [5.41, 5.74) is 1.02. The number of fused-ring (bicyclic) bond motifs is 2. The molecule has 2 N–H and O–H groups in total. The van der Waals surface area contributed by atoms with Gasteiger partial charge in [-0.05, 0) is 42.5 Å². The zero-order chi connectivity index (χ0) is 22.8. The van der Waals surface area contributed by atoms with Gasteiger partial charge in [0.05, 0.1) is 23.8 Å². The van der Waals surface area contributed by atoms with Gasteiger partial charge in [0.1, 0.15) is 0 Å². The van der Waals surface area contributed by atoms with Gasteiger partial charge in [-0.25, -0.2) is 8.42 Å². The molecule has 0 bridgehead atoms. The fourth-order valence-electron chi connectivity index (χ4n) is 3.42. The lowest BCUT2D eigenvalue weighted by molar-refractivity contribution is 0.102. The van der Waals surface area contributed by atoms with Crippen molar-refractivity contribution >= 4 is 27.3 Å². The zero-order valence-corrected chi connectivity index (χ0v) is 18.2. The number of amides is 1. The molecule has 0 fully saturated rings. The number of carbonyl (C=O) groups excluding carboxylic acids is 1. The van der Waals surface area contributed by atoms with Gasteiger partial charge < -0.3 is 24.3 Å². The van der Waals surface area contributed by atoms with Crippen molar-refractivity contribution in [1.29, 1.82) is 0 Å². The van der Waals surface area contributed by atoms with E-state index in [1.807, 2.05) is 0 Å². The van der Waals surface area contributed by atoms with Crippen molar-refractivity contribution in [2.45, 2.75) is 11.3 Å². The van der Waals surface area contributed by atoms with Crippen LogP contribution in [0.5, 0.6) is 23.0 Å². The number of carbonyl (C=O) groups is 1. The smallest absolute Gasteiger partial charge is 0.261 e. The van der Waals surface area contributed by atoms with Crippen molar-refractivity contribution in [3.63, 3.8) is 0 Å². The Balaban J connectivity index is 1.33. The van der Waals surface area contributed by atoms with E-state index in [1.165, 1.54) is 24.3 Å². The van der Waals surface area contributed by atoms with E-state index >= 15 is 0 Å². The lowest BCUT2D eigenvalue weighted by Crippen LogP contribution is -2.16. The highest BCUT2D eigenvalue weighted by Gasteiger charge is 2.20. The fourth-order valence-corrected chi connectivity index (χ4v) is 4.52. The molecule has 0 aromatic heterocycles. The minimum atomic E-state index is -3.94. The normalized spacial score (nSPS) is 14.3. The van der Waals surface area contributed by atoms with E-state index in [-0.39, 0.29) is 17.3 Å². The second-order valence-corrected chi connectivity index (χ2v) is 9.05. The average Bonchev–Trinajstić information content (AvgIpc) is 3.15. The maximum absolute atomic E-state index is 12.9. The van der Waals surface area contributed by atoms with Gasteiger partial charge in [-0.2, -0.15) is 0 Å². The van der Waals surface area contributed by atoms with Crippen molar-refractivity contribution in [1.82, 2.24) is 0 Å². The van der Waals surface area contributed by atoms with Gasteiger partial charge in [-0.1, -0.05) is 6.07 Å². The molecule has 0 aliphatic carbocycles. The summed E-state index contributed by atoms with van der Waals surface area (Å²) in [5.74, 6) is 1.72. The molecule has 1 amide bonds. The summed E-state index contributed by atoms with van der Waals surface area (Å²) in [6.45, 7) is 1.19. The van der Waals surface area contributed by atoms with Gasteiger partial charge in [0.25, 0.3) is 15.9 Å². The van der Waals surface area contributed by atoms with Crippen LogP contribution in [0.4, 0.5) is 11.4 Å². The first-order valence-electron chi connectivity index (χ1n) is 10.2. The molecule has 0 saturated carbocycles. The maximum Gasteiger partial charge on any atom is 0.261 e. The molecule has 0 unspecified atom stereocenters. The summed E-state index contributed by atoms with van der Waals surface area (Å²) in [6.07, 6.45) is 0.776. The molecule has 2 aliphatic heterocycles. The van der Waals surface area contributed by atoms with E-state index in [9.17, 15) is 13.2 Å². The predicted molar refractivity (Wildman–Crippen MR) is 120 cm³/mol. The van der Waals surface area contributed by atoms with E-state index in [1.54, 1.807) is 36.4 Å². The number of benzene rings is 3. The highest BCUT2D eigenvalue weighted by atomic mass is 32.2. The molecule has 0 spiro atoms. The Morgan fingerprint density at radius 1 is 0.758 bits per heavy atom. The standard InChI is InChI=1S/C23H20N2O7S/c26-23(24-16-5-7-19-21(12-16)30-10-2-9-29-19)15-3-1-4-18(11-15)33(27,28)25-17-6-8-20-22(13-17)32-14-31-20/h1,3-8,11-13,25H,2,9-10,14H2,(H,24,26). The molecule has 170 valence electrons. The highest BCUT2D eigenvalue weighted by Crippen LogP contribution is 2.35. The molecule has 5 rings (SSSR count). The third-order valence-electron chi connectivity index (χ3n) is 5.04. The molecule has 0 radical (unpaired) electrons. The largest absolute Gasteiger partial charge is 0.490 e. The first-order chi connectivity index (χ1) is 16.0. The van der Waals surface area contributed by atoms with Gasteiger partial charge in [-0.3, -0.25) is 9.52 Å². The third kappa shape index (κ3) is 4.51. The van der Waals surface area contributed by atoms with Crippen molar-refractivity contribution in [3.05, 3.63) is 66.2 Å². The Labute approximate surface area is 190 Å². The molecule has 10 heteroatoms. The fraction of sp³-hybridized carbons (Fsp3) is 0.174. The number of hydrogen-bond donors (Lipinski definition) is 2. The lowest BCUT2D eigenvalue weighted by atomic mass is 10.2. The molecule has 2 heterocycles. The summed E-state index contributed by atoms with van der Waals surface area (Å²) in [7, 11) is -3.94. The van der Waals surface area contributed by atoms with Crippen LogP contribution >= 0.6 is 0 Å². The Hall–Kier alpha value is -3.92. The molecule has 2 aliphatic rings. The molecule has 9 nitrogen and oxygen atoms in total. The number of anilines is 2. The van der Waals surface area contributed by atoms with Gasteiger partial charge >= 0.3 is 0 Å². The number of sulfonamides is 1. The Bertz CT molecular complexity index is 1320. The highest BCUT2D eigenvalue weighted by molar-refractivity contribution is 7.92. The lowest BCUT2D eigenvalue weighted by Gasteiger charge is -2.12. The summed E-state index contributed by atoms with van der Waals surface area (Å²) in [6, 6.07) is 15.6. The number of ether oxygens (including phenoxy) is 4. The second kappa shape index (κ2) is 8.55. The average molecular weight is 468 g/mol. The predicted octanol–water partition coefficient (Wildman–Crippen LogP) is 3.63. The number of rotatable bonds is 5. The van der Waals surface area contributed by atoms with Crippen LogP contribution in [0.3, 0.4) is 0 Å². The Kier molecular flexibility index (Phi) is 5.43. The Morgan fingerprint density at radius 3 is 2.27 bits per heavy atom. The molecule has 3 aromatic rings. The summed E-state index contributed by atoms with van der Waals surface area (Å²) >= 11 is 0. The molecular weight excluding hydrogens is 448 g/mol. The second-order valence-electron chi connectivity index (χ2n) is 7.37. The van der Waals surface area contributed by atoms with Crippen LogP contribution in [0.15, 0.2) is 65.6 Å². The van der Waals surface area contributed by atoms with Crippen molar-refractivity contribution in [3.8, 4) is 23.0 Å². The van der Waals surface area contributed by atoms with Crippen molar-refractivity contribution in [2.24, 2.45) is 0 Å². The van der Waals surface area contributed by atoms with Gasteiger partial charge in [0.15, 0.2) is 23.0 Å². The van der Waals surface area contributed by atoms with E-state index in [0.29, 0.717) is 47.6 Å². The molecule has 3 aromatic carbocycles. The van der Waals surface area contributed by atoms with Crippen molar-refractivity contribution < 1.29 is 32.2 Å². The summed E-state index contributed by atoms with van der Waals surface area (Å²) < 4.78 is 50.0. The first kappa shape index (κ1) is 21.0. The van der Waals surface area contributed by atoms with E-state index < -0.39 is 15.9 Å². The van der Waals surface area contributed by atoms with E-state index in [4.69, 9.17) is 18.9 Å². The van der Waals surface area contributed by atoms with Gasteiger partial charge in [0, 0.05) is 29.8 Å². The topological polar surface area (TPSA) is 112 Å². The maximum atomic E-state index is 12.9. The van der Waals surface area contributed by atoms with E-state index in [2.05, 4.69) is 10.0 Å². The third-order valence-corrected chi connectivity index (χ3v) is 6.42. The molecule has 33 heavy (non-hydrogen) atoms. The van der Waals surface area contributed by atoms with Crippen LogP contribution in [0.2, 0.25) is 0 Å². The van der Waals surface area contributed by atoms with Crippen LogP contribution in [0.25, 0.3) is 0 Å². The quantitative estimate of drug-likeness (QED) is 0.588. The van der Waals surface area contributed by atoms with Crippen LogP contribution in [0.1, 0.15) is 16.8 Å². The van der Waals surface area contributed by atoms with Crippen LogP contribution in [-0.2, 0) is 10.0 Å². The van der Waals surface area contributed by atoms with E-state index in [0.717, 1.165) is 6.42 Å². The molecule has 0 atom stereocenters. The minimum absolute atomic E-state index is 0.0496. The van der Waals surface area contributed by atoms with Crippen LogP contribution in [-0.4, -0.2) is 34.3 Å². The van der Waals surface area contributed by atoms with Crippen LogP contribution < -0.4 is 29.0 Å². The van der Waals surface area contributed by atoms with Gasteiger partial charge in [0.2, 0.25) is 6.79 Å². The van der Waals surface area contributed by atoms with Gasteiger partial charge in [-0.15, -0.1) is 0 Å². The SMILES string of the molecule is O=C(Nc1ccc2c(c1)OCCCO2)c1cccc(S(=O)(=O)Nc2ccc3c(c2)OCO3)c1. The number of nitrogens with one attached hydrogen (secondary N) is 2.